The van der Waals surface area contributed by atoms with Crippen LogP contribution in [-0.4, -0.2) is 54.3 Å². The highest BCUT2D eigenvalue weighted by Crippen LogP contribution is 2.28. The van der Waals surface area contributed by atoms with Crippen molar-refractivity contribution in [2.45, 2.75) is 45.6 Å². The largest absolute Gasteiger partial charge is 0.481 e. The molecule has 1 aliphatic rings. The average Bonchev–Trinajstić information content (AvgIpc) is 2.75. The van der Waals surface area contributed by atoms with Crippen molar-refractivity contribution in [2.75, 3.05) is 26.8 Å². The molecule has 2 rings (SSSR count). The highest BCUT2D eigenvalue weighted by atomic mass is 16.5. The zero-order valence-electron chi connectivity index (χ0n) is 15.4. The van der Waals surface area contributed by atoms with Gasteiger partial charge in [0.25, 0.3) is 5.91 Å². The molecule has 1 saturated heterocycles. The molecule has 0 spiro atoms. The minimum Gasteiger partial charge on any atom is -0.481 e. The van der Waals surface area contributed by atoms with Crippen LogP contribution in [0.3, 0.4) is 0 Å². The Kier molecular flexibility index (Phi) is 6.06. The number of methoxy groups -OCH3 is 1. The first kappa shape index (κ1) is 19.2. The molecule has 1 aromatic rings. The number of aryl methyl sites for hydroxylation is 2. The number of amides is 1. The van der Waals surface area contributed by atoms with Crippen LogP contribution in [0.4, 0.5) is 0 Å². The van der Waals surface area contributed by atoms with E-state index < -0.39 is 12.6 Å². The quantitative estimate of drug-likeness (QED) is 0.884. The first-order valence-corrected chi connectivity index (χ1v) is 8.56. The molecule has 1 N–H and O–H groups in total. The lowest BCUT2D eigenvalue weighted by Gasteiger charge is -2.26. The number of hydrogen-bond acceptors (Lipinski definition) is 4. The van der Waals surface area contributed by atoms with Crippen LogP contribution in [0, 0.1) is 13.8 Å². The summed E-state index contributed by atoms with van der Waals surface area (Å²) in [5.74, 6) is -0.497. The number of carboxylic acids is 1. The monoisotopic (exact) mass is 349 g/mol. The van der Waals surface area contributed by atoms with Gasteiger partial charge in [0.05, 0.1) is 5.60 Å². The zero-order valence-corrected chi connectivity index (χ0v) is 15.4. The Labute approximate surface area is 148 Å². The van der Waals surface area contributed by atoms with Gasteiger partial charge in [-0.05, 0) is 63.3 Å². The summed E-state index contributed by atoms with van der Waals surface area (Å²) in [6.07, 6.45) is 2.66. The SMILES string of the molecule is COC1(C)CCCN(C(=O)c2cc(C)c(OCC(=O)O)c(C)c2)CC1. The Morgan fingerprint density at radius 3 is 2.40 bits per heavy atom. The molecule has 6 heteroatoms. The summed E-state index contributed by atoms with van der Waals surface area (Å²) < 4.78 is 10.9. The van der Waals surface area contributed by atoms with Crippen molar-refractivity contribution < 1.29 is 24.2 Å². The van der Waals surface area contributed by atoms with Crippen LogP contribution >= 0.6 is 0 Å². The van der Waals surface area contributed by atoms with E-state index >= 15 is 0 Å². The van der Waals surface area contributed by atoms with E-state index in [1.54, 1.807) is 19.2 Å². The number of carbonyl (C=O) groups is 2. The summed E-state index contributed by atoms with van der Waals surface area (Å²) >= 11 is 0. The Morgan fingerprint density at radius 2 is 1.84 bits per heavy atom. The Bertz CT molecular complexity index is 634. The summed E-state index contributed by atoms with van der Waals surface area (Å²) in [6.45, 7) is 6.73. The number of ether oxygens (including phenoxy) is 2. The predicted molar refractivity (Wildman–Crippen MR) is 94.2 cm³/mol. The average molecular weight is 349 g/mol. The normalized spacial score (nSPS) is 20.9. The summed E-state index contributed by atoms with van der Waals surface area (Å²) in [5.41, 5.74) is 1.97. The first-order chi connectivity index (χ1) is 11.8. The van der Waals surface area contributed by atoms with Gasteiger partial charge in [0, 0.05) is 25.8 Å². The molecule has 25 heavy (non-hydrogen) atoms. The van der Waals surface area contributed by atoms with Crippen molar-refractivity contribution in [3.05, 3.63) is 28.8 Å². The van der Waals surface area contributed by atoms with E-state index in [4.69, 9.17) is 14.6 Å². The molecule has 1 atom stereocenters. The molecule has 0 aliphatic carbocycles. The van der Waals surface area contributed by atoms with Gasteiger partial charge in [0.1, 0.15) is 5.75 Å². The summed E-state index contributed by atoms with van der Waals surface area (Å²) in [6, 6.07) is 3.54. The fourth-order valence-corrected chi connectivity index (χ4v) is 3.28. The highest BCUT2D eigenvalue weighted by Gasteiger charge is 2.29. The number of carbonyl (C=O) groups excluding carboxylic acids is 1. The topological polar surface area (TPSA) is 76.1 Å². The third kappa shape index (κ3) is 4.72. The molecule has 1 fully saturated rings. The molecule has 0 bridgehead atoms. The van der Waals surface area contributed by atoms with Crippen LogP contribution in [0.15, 0.2) is 12.1 Å². The smallest absolute Gasteiger partial charge is 0.341 e. The number of aliphatic carboxylic acids is 1. The number of nitrogens with zero attached hydrogens (tertiary/aromatic N) is 1. The van der Waals surface area contributed by atoms with Crippen molar-refractivity contribution in [2.24, 2.45) is 0 Å². The second-order valence-corrected chi connectivity index (χ2v) is 6.92. The van der Waals surface area contributed by atoms with E-state index in [-0.39, 0.29) is 11.5 Å². The second kappa shape index (κ2) is 7.87. The molecule has 1 heterocycles. The zero-order chi connectivity index (χ0) is 18.6. The second-order valence-electron chi connectivity index (χ2n) is 6.92. The van der Waals surface area contributed by atoms with E-state index in [0.717, 1.165) is 30.4 Å². The lowest BCUT2D eigenvalue weighted by atomic mass is 9.97. The fourth-order valence-electron chi connectivity index (χ4n) is 3.28. The minimum absolute atomic E-state index is 0.00339. The molecule has 138 valence electrons. The maximum atomic E-state index is 12.9. The van der Waals surface area contributed by atoms with Crippen LogP contribution in [0.2, 0.25) is 0 Å². The van der Waals surface area contributed by atoms with Gasteiger partial charge in [0.2, 0.25) is 0 Å². The summed E-state index contributed by atoms with van der Waals surface area (Å²) in [5, 5.41) is 8.76. The first-order valence-electron chi connectivity index (χ1n) is 8.56. The molecule has 1 aromatic carbocycles. The minimum atomic E-state index is -1.02. The van der Waals surface area contributed by atoms with Gasteiger partial charge in [-0.1, -0.05) is 0 Å². The van der Waals surface area contributed by atoms with Gasteiger partial charge in [-0.2, -0.15) is 0 Å². The van der Waals surface area contributed by atoms with Crippen LogP contribution in [-0.2, 0) is 9.53 Å². The fraction of sp³-hybridized carbons (Fsp3) is 0.579. The Balaban J connectivity index is 2.15. The molecule has 0 radical (unpaired) electrons. The number of hydrogen-bond donors (Lipinski definition) is 1. The van der Waals surface area contributed by atoms with Gasteiger partial charge >= 0.3 is 5.97 Å². The van der Waals surface area contributed by atoms with Gasteiger partial charge in [0.15, 0.2) is 6.61 Å². The van der Waals surface area contributed by atoms with Crippen LogP contribution in [0.1, 0.15) is 47.7 Å². The van der Waals surface area contributed by atoms with E-state index in [1.165, 1.54) is 0 Å². The third-order valence-electron chi connectivity index (χ3n) is 4.87. The Morgan fingerprint density at radius 1 is 1.20 bits per heavy atom. The van der Waals surface area contributed by atoms with E-state index in [2.05, 4.69) is 6.92 Å². The van der Waals surface area contributed by atoms with Crippen LogP contribution in [0.25, 0.3) is 0 Å². The predicted octanol–water partition coefficient (Wildman–Crippen LogP) is 2.80. The van der Waals surface area contributed by atoms with Crippen molar-refractivity contribution in [3.63, 3.8) is 0 Å². The molecule has 1 amide bonds. The van der Waals surface area contributed by atoms with Gasteiger partial charge < -0.3 is 19.5 Å². The summed E-state index contributed by atoms with van der Waals surface area (Å²) in [7, 11) is 1.72. The summed E-state index contributed by atoms with van der Waals surface area (Å²) in [4.78, 5) is 25.4. The van der Waals surface area contributed by atoms with E-state index in [1.807, 2.05) is 18.7 Å². The lowest BCUT2D eigenvalue weighted by Crippen LogP contribution is -2.34. The standard InChI is InChI=1S/C19H27NO5/c1-13-10-15(11-14(2)17(13)25-12-16(21)22)18(23)20-8-5-6-19(3,24-4)7-9-20/h10-11H,5-9,12H2,1-4H3,(H,21,22). The van der Waals surface area contributed by atoms with Crippen LogP contribution in [0.5, 0.6) is 5.75 Å². The highest BCUT2D eigenvalue weighted by molar-refractivity contribution is 5.95. The third-order valence-corrected chi connectivity index (χ3v) is 4.87. The maximum Gasteiger partial charge on any atom is 0.341 e. The molecule has 1 unspecified atom stereocenters. The van der Waals surface area contributed by atoms with E-state index in [9.17, 15) is 9.59 Å². The maximum absolute atomic E-state index is 12.9. The number of rotatable bonds is 5. The van der Waals surface area contributed by atoms with Gasteiger partial charge in [-0.15, -0.1) is 0 Å². The molecule has 0 saturated carbocycles. The van der Waals surface area contributed by atoms with Crippen molar-refractivity contribution in [3.8, 4) is 5.75 Å². The lowest BCUT2D eigenvalue weighted by molar-refractivity contribution is -0.139. The van der Waals surface area contributed by atoms with Crippen molar-refractivity contribution in [1.82, 2.24) is 4.90 Å². The number of benzene rings is 1. The van der Waals surface area contributed by atoms with Crippen LogP contribution < -0.4 is 4.74 Å². The Hall–Kier alpha value is -2.08. The van der Waals surface area contributed by atoms with E-state index in [0.29, 0.717) is 24.4 Å². The number of likely N-dealkylation sites (tertiary alicyclic amines) is 1. The molecule has 0 aromatic heterocycles. The molecular formula is C19H27NO5. The molecule has 1 aliphatic heterocycles. The van der Waals surface area contributed by atoms with Gasteiger partial charge in [-0.3, -0.25) is 4.79 Å². The van der Waals surface area contributed by atoms with Gasteiger partial charge in [-0.25, -0.2) is 4.79 Å². The van der Waals surface area contributed by atoms with Crippen molar-refractivity contribution in [1.29, 1.82) is 0 Å². The molecule has 6 nitrogen and oxygen atoms in total. The number of carboxylic acid groups (broad SMARTS) is 1. The molecular weight excluding hydrogens is 322 g/mol. The van der Waals surface area contributed by atoms with Crippen molar-refractivity contribution >= 4 is 11.9 Å².